The van der Waals surface area contributed by atoms with E-state index in [-0.39, 0.29) is 17.3 Å². The molecule has 1 aromatic rings. The maximum Gasteiger partial charge on any atom is 0.313 e. The average Bonchev–Trinajstić information content (AvgIpc) is 2.51. The molecule has 1 aliphatic carbocycles. The summed E-state index contributed by atoms with van der Waals surface area (Å²) in [5.41, 5.74) is 7.45. The first-order valence-electron chi connectivity index (χ1n) is 5.16. The second kappa shape index (κ2) is 3.43. The fourth-order valence-electron chi connectivity index (χ4n) is 2.49. The maximum absolute atomic E-state index is 11.7. The maximum atomic E-state index is 11.7. The molecule has 2 N–H and O–H groups in total. The van der Waals surface area contributed by atoms with Gasteiger partial charge in [-0.25, -0.2) is 0 Å². The van der Waals surface area contributed by atoms with Crippen LogP contribution >= 0.6 is 0 Å². The van der Waals surface area contributed by atoms with Crippen molar-refractivity contribution in [1.29, 1.82) is 0 Å². The molecule has 0 spiro atoms. The van der Waals surface area contributed by atoms with Gasteiger partial charge in [-0.2, -0.15) is 5.10 Å². The lowest BCUT2D eigenvalue weighted by Gasteiger charge is -2.19. The summed E-state index contributed by atoms with van der Waals surface area (Å²) in [6.45, 7) is 4.10. The number of nitrogens with zero attached hydrogens (tertiary/aromatic N) is 2. The third kappa shape index (κ3) is 1.43. The van der Waals surface area contributed by atoms with Gasteiger partial charge in [0.05, 0.1) is 19.2 Å². The molecule has 1 aliphatic rings. The Labute approximate surface area is 94.0 Å². The molecule has 1 unspecified atom stereocenters. The van der Waals surface area contributed by atoms with Gasteiger partial charge < -0.3 is 10.5 Å². The SMILES string of the molecule is COC(=O)C1CC(C)(C)c2c1cnnc2N. The van der Waals surface area contributed by atoms with E-state index < -0.39 is 0 Å². The standard InChI is InChI=1S/C11H15N3O2/c1-11(2)4-6(10(15)16-3)7-5-13-14-9(12)8(7)11/h5-6H,4H2,1-3H3,(H2,12,14). The van der Waals surface area contributed by atoms with E-state index in [4.69, 9.17) is 10.5 Å². The van der Waals surface area contributed by atoms with E-state index in [1.165, 1.54) is 7.11 Å². The summed E-state index contributed by atoms with van der Waals surface area (Å²) in [4.78, 5) is 11.7. The van der Waals surface area contributed by atoms with Gasteiger partial charge in [-0.15, -0.1) is 5.10 Å². The van der Waals surface area contributed by atoms with Crippen molar-refractivity contribution in [3.05, 3.63) is 17.3 Å². The minimum absolute atomic E-state index is 0.159. The quantitative estimate of drug-likeness (QED) is 0.716. The zero-order chi connectivity index (χ0) is 11.9. The van der Waals surface area contributed by atoms with E-state index in [0.29, 0.717) is 12.2 Å². The first kappa shape index (κ1) is 10.9. The smallest absolute Gasteiger partial charge is 0.313 e. The third-order valence-corrected chi connectivity index (χ3v) is 3.16. The van der Waals surface area contributed by atoms with Crippen molar-refractivity contribution in [2.45, 2.75) is 31.6 Å². The molecule has 0 amide bonds. The van der Waals surface area contributed by atoms with Crippen molar-refractivity contribution < 1.29 is 9.53 Å². The van der Waals surface area contributed by atoms with Gasteiger partial charge in [-0.3, -0.25) is 4.79 Å². The van der Waals surface area contributed by atoms with Gasteiger partial charge in [0, 0.05) is 5.56 Å². The molecule has 5 nitrogen and oxygen atoms in total. The topological polar surface area (TPSA) is 78.1 Å². The number of carbonyl (C=O) groups is 1. The summed E-state index contributed by atoms with van der Waals surface area (Å²) in [5, 5.41) is 7.65. The van der Waals surface area contributed by atoms with Gasteiger partial charge in [0.1, 0.15) is 5.82 Å². The number of ether oxygens (including phenoxy) is 1. The van der Waals surface area contributed by atoms with Crippen molar-refractivity contribution in [3.63, 3.8) is 0 Å². The summed E-state index contributed by atoms with van der Waals surface area (Å²) < 4.78 is 4.80. The number of carbonyl (C=O) groups excluding carboxylic acids is 1. The Bertz CT molecular complexity index is 443. The molecule has 0 saturated heterocycles. The number of nitrogens with two attached hydrogens (primary N) is 1. The summed E-state index contributed by atoms with van der Waals surface area (Å²) in [6, 6.07) is 0. The molecule has 1 atom stereocenters. The highest BCUT2D eigenvalue weighted by molar-refractivity contribution is 5.81. The van der Waals surface area contributed by atoms with Crippen molar-refractivity contribution in [2.75, 3.05) is 12.8 Å². The molecule has 5 heteroatoms. The zero-order valence-corrected chi connectivity index (χ0v) is 9.65. The molecule has 16 heavy (non-hydrogen) atoms. The van der Waals surface area contributed by atoms with Gasteiger partial charge >= 0.3 is 5.97 Å². The van der Waals surface area contributed by atoms with E-state index in [1.54, 1.807) is 6.20 Å². The second-order valence-corrected chi connectivity index (χ2v) is 4.72. The minimum atomic E-state index is -0.271. The van der Waals surface area contributed by atoms with Crippen molar-refractivity contribution in [1.82, 2.24) is 10.2 Å². The van der Waals surface area contributed by atoms with E-state index in [2.05, 4.69) is 10.2 Å². The highest BCUT2D eigenvalue weighted by Gasteiger charge is 2.43. The average molecular weight is 221 g/mol. The number of nitrogen functional groups attached to an aromatic ring is 1. The van der Waals surface area contributed by atoms with Crippen LogP contribution in [0.5, 0.6) is 0 Å². The second-order valence-electron chi connectivity index (χ2n) is 4.72. The molecule has 0 bridgehead atoms. The Morgan fingerprint density at radius 3 is 2.94 bits per heavy atom. The van der Waals surface area contributed by atoms with Crippen molar-refractivity contribution >= 4 is 11.8 Å². The first-order chi connectivity index (χ1) is 7.47. The summed E-state index contributed by atoms with van der Waals surface area (Å²) in [5.74, 6) is -0.0964. The van der Waals surface area contributed by atoms with Crippen LogP contribution in [0.25, 0.3) is 0 Å². The van der Waals surface area contributed by atoms with Crippen LogP contribution in [-0.4, -0.2) is 23.3 Å². The summed E-state index contributed by atoms with van der Waals surface area (Å²) >= 11 is 0. The Hall–Kier alpha value is -1.65. The van der Waals surface area contributed by atoms with Crippen LogP contribution in [0.1, 0.15) is 37.3 Å². The monoisotopic (exact) mass is 221 g/mol. The lowest BCUT2D eigenvalue weighted by Crippen LogP contribution is -2.17. The largest absolute Gasteiger partial charge is 0.469 e. The minimum Gasteiger partial charge on any atom is -0.469 e. The Morgan fingerprint density at radius 1 is 1.62 bits per heavy atom. The molecular formula is C11H15N3O2. The fourth-order valence-corrected chi connectivity index (χ4v) is 2.49. The normalized spacial score (nSPS) is 21.6. The molecule has 1 aromatic heterocycles. The van der Waals surface area contributed by atoms with Crippen molar-refractivity contribution in [2.24, 2.45) is 0 Å². The molecule has 0 aromatic carbocycles. The Morgan fingerprint density at radius 2 is 2.31 bits per heavy atom. The summed E-state index contributed by atoms with van der Waals surface area (Å²) in [7, 11) is 1.39. The Balaban J connectivity index is 2.55. The van der Waals surface area contributed by atoms with E-state index in [1.807, 2.05) is 13.8 Å². The first-order valence-corrected chi connectivity index (χ1v) is 5.16. The van der Waals surface area contributed by atoms with Gasteiger partial charge in [0.25, 0.3) is 0 Å². The molecule has 0 aliphatic heterocycles. The fraction of sp³-hybridized carbons (Fsp3) is 0.545. The molecule has 86 valence electrons. The van der Waals surface area contributed by atoms with Crippen molar-refractivity contribution in [3.8, 4) is 0 Å². The van der Waals surface area contributed by atoms with Crippen LogP contribution in [0.3, 0.4) is 0 Å². The molecular weight excluding hydrogens is 206 g/mol. The Kier molecular flexibility index (Phi) is 2.33. The van der Waals surface area contributed by atoms with Gasteiger partial charge in [0.2, 0.25) is 0 Å². The van der Waals surface area contributed by atoms with Gasteiger partial charge in [-0.05, 0) is 17.4 Å². The number of esters is 1. The van der Waals surface area contributed by atoms with Crippen LogP contribution in [-0.2, 0) is 14.9 Å². The number of methoxy groups -OCH3 is 1. The number of aromatic nitrogens is 2. The van der Waals surface area contributed by atoms with Crippen LogP contribution in [0.15, 0.2) is 6.20 Å². The highest BCUT2D eigenvalue weighted by atomic mass is 16.5. The zero-order valence-electron chi connectivity index (χ0n) is 9.65. The van der Waals surface area contributed by atoms with E-state index in [9.17, 15) is 4.79 Å². The number of hydrogen-bond acceptors (Lipinski definition) is 5. The summed E-state index contributed by atoms with van der Waals surface area (Å²) in [6.07, 6.45) is 2.30. The molecule has 0 fully saturated rings. The van der Waals surface area contributed by atoms with Crippen LogP contribution in [0.2, 0.25) is 0 Å². The predicted molar refractivity (Wildman–Crippen MR) is 58.8 cm³/mol. The number of rotatable bonds is 1. The number of hydrogen-bond donors (Lipinski definition) is 1. The molecule has 0 saturated carbocycles. The van der Waals surface area contributed by atoms with E-state index in [0.717, 1.165) is 11.1 Å². The molecule has 1 heterocycles. The van der Waals surface area contributed by atoms with Gasteiger partial charge in [0.15, 0.2) is 0 Å². The van der Waals surface area contributed by atoms with Crippen LogP contribution in [0, 0.1) is 0 Å². The molecule has 0 radical (unpaired) electrons. The van der Waals surface area contributed by atoms with Gasteiger partial charge in [-0.1, -0.05) is 13.8 Å². The molecule has 2 rings (SSSR count). The predicted octanol–water partition coefficient (Wildman–Crippen LogP) is 0.997. The van der Waals surface area contributed by atoms with E-state index >= 15 is 0 Å². The van der Waals surface area contributed by atoms with Crippen LogP contribution in [0.4, 0.5) is 5.82 Å². The number of anilines is 1. The number of fused-ring (bicyclic) bond motifs is 1. The highest BCUT2D eigenvalue weighted by Crippen LogP contribution is 2.47. The lowest BCUT2D eigenvalue weighted by molar-refractivity contribution is -0.142. The van der Waals surface area contributed by atoms with Crippen LogP contribution < -0.4 is 5.73 Å². The third-order valence-electron chi connectivity index (χ3n) is 3.16. The lowest BCUT2D eigenvalue weighted by atomic mass is 9.86.